The Labute approximate surface area is 181 Å². The first-order chi connectivity index (χ1) is 14.8. The van der Waals surface area contributed by atoms with Crippen LogP contribution in [0.25, 0.3) is 21.2 Å². The summed E-state index contributed by atoms with van der Waals surface area (Å²) in [5, 5.41) is 1.02. The Morgan fingerprint density at radius 1 is 0.968 bits per heavy atom. The molecule has 1 aromatic heterocycles. The molecule has 0 aliphatic carbocycles. The lowest BCUT2D eigenvalue weighted by Crippen LogP contribution is -2.05. The Morgan fingerprint density at radius 3 is 2.52 bits per heavy atom. The molecule has 0 unspecified atom stereocenters. The lowest BCUT2D eigenvalue weighted by atomic mass is 10.0. The molecule has 0 spiro atoms. The highest BCUT2D eigenvalue weighted by Crippen LogP contribution is 2.37. The highest BCUT2D eigenvalue weighted by atomic mass is 32.1. The van der Waals surface area contributed by atoms with Gasteiger partial charge in [-0.25, -0.2) is 4.79 Å². The van der Waals surface area contributed by atoms with E-state index in [4.69, 9.17) is 4.74 Å². The van der Waals surface area contributed by atoms with Gasteiger partial charge in [0.25, 0.3) is 0 Å². The van der Waals surface area contributed by atoms with Gasteiger partial charge in [0, 0.05) is 16.0 Å². The number of ether oxygens (including phenoxy) is 1. The molecule has 0 saturated heterocycles. The zero-order valence-corrected chi connectivity index (χ0v) is 17.5. The molecule has 6 heteroatoms. The summed E-state index contributed by atoms with van der Waals surface area (Å²) in [7, 11) is 0. The Balaban J connectivity index is 1.69. The maximum atomic E-state index is 13.0. The lowest BCUT2D eigenvalue weighted by Gasteiger charge is -2.08. The van der Waals surface area contributed by atoms with Crippen LogP contribution >= 0.6 is 11.3 Å². The number of carbonyl (C=O) groups is 1. The van der Waals surface area contributed by atoms with Crippen LogP contribution in [0.4, 0.5) is 13.2 Å². The largest absolute Gasteiger partial charge is 0.462 e. The van der Waals surface area contributed by atoms with Crippen LogP contribution in [-0.2, 0) is 17.3 Å². The molecule has 4 rings (SSSR count). The number of hydrogen-bond donors (Lipinski definition) is 0. The van der Waals surface area contributed by atoms with Crippen LogP contribution in [0.5, 0.6) is 0 Å². The Hall–Kier alpha value is -3.12. The van der Waals surface area contributed by atoms with Gasteiger partial charge in [-0.3, -0.25) is 0 Å². The first-order valence-electron chi connectivity index (χ1n) is 9.80. The first-order valence-corrected chi connectivity index (χ1v) is 10.6. The van der Waals surface area contributed by atoms with E-state index in [9.17, 15) is 18.0 Å². The number of carbonyl (C=O) groups excluding carboxylic acids is 1. The minimum absolute atomic E-state index is 0.308. The van der Waals surface area contributed by atoms with Crippen molar-refractivity contribution >= 4 is 27.4 Å². The minimum atomic E-state index is -4.35. The fraction of sp³-hybridized carbons (Fsp3) is 0.160. The van der Waals surface area contributed by atoms with E-state index in [1.54, 1.807) is 36.5 Å². The third-order valence-electron chi connectivity index (χ3n) is 4.91. The molecular formula is C25H19F3O2S. The van der Waals surface area contributed by atoms with Gasteiger partial charge >= 0.3 is 12.1 Å². The molecule has 3 aromatic carbocycles. The number of esters is 1. The number of alkyl halides is 3. The normalized spacial score (nSPS) is 11.6. The molecule has 0 fully saturated rings. The Kier molecular flexibility index (Phi) is 5.83. The molecule has 0 aliphatic heterocycles. The monoisotopic (exact) mass is 440 g/mol. The molecule has 2 nitrogen and oxygen atoms in total. The highest BCUT2D eigenvalue weighted by molar-refractivity contribution is 7.19. The summed E-state index contributed by atoms with van der Waals surface area (Å²) in [6.45, 7) is 2.07. The molecule has 0 amide bonds. The number of hydrogen-bond acceptors (Lipinski definition) is 3. The van der Waals surface area contributed by atoms with Crippen LogP contribution in [0.2, 0.25) is 0 Å². The average Bonchev–Trinajstić information content (AvgIpc) is 3.16. The van der Waals surface area contributed by atoms with Gasteiger partial charge in [0.2, 0.25) is 0 Å². The quantitative estimate of drug-likeness (QED) is 0.303. The van der Waals surface area contributed by atoms with Crippen molar-refractivity contribution in [1.82, 2.24) is 0 Å². The van der Waals surface area contributed by atoms with Crippen molar-refractivity contribution in [3.05, 3.63) is 94.4 Å². The van der Waals surface area contributed by atoms with Crippen molar-refractivity contribution in [3.63, 3.8) is 0 Å². The van der Waals surface area contributed by atoms with Gasteiger partial charge in [-0.15, -0.1) is 11.3 Å². The molecule has 31 heavy (non-hydrogen) atoms. The summed E-state index contributed by atoms with van der Waals surface area (Å²) in [6.07, 6.45) is -3.93. The van der Waals surface area contributed by atoms with E-state index in [1.165, 1.54) is 12.1 Å². The maximum Gasteiger partial charge on any atom is 0.416 e. The Morgan fingerprint density at radius 2 is 1.74 bits per heavy atom. The van der Waals surface area contributed by atoms with E-state index in [2.05, 4.69) is 0 Å². The van der Waals surface area contributed by atoms with Crippen LogP contribution in [0.15, 0.2) is 72.8 Å². The summed E-state index contributed by atoms with van der Waals surface area (Å²) < 4.78 is 45.2. The first kappa shape index (κ1) is 21.1. The maximum absolute atomic E-state index is 13.0. The number of halogens is 3. The van der Waals surface area contributed by atoms with E-state index < -0.39 is 11.7 Å². The van der Waals surface area contributed by atoms with E-state index in [-0.39, 0.29) is 5.97 Å². The van der Waals surface area contributed by atoms with E-state index in [0.717, 1.165) is 32.2 Å². The van der Waals surface area contributed by atoms with Gasteiger partial charge in [0.05, 0.1) is 17.7 Å². The molecular weight excluding hydrogens is 421 g/mol. The summed E-state index contributed by atoms with van der Waals surface area (Å²) in [6, 6.07) is 20.6. The molecule has 0 radical (unpaired) electrons. The molecule has 0 aliphatic rings. The second-order valence-corrected chi connectivity index (χ2v) is 8.25. The molecule has 1 heterocycles. The zero-order chi connectivity index (χ0) is 22.0. The predicted molar refractivity (Wildman–Crippen MR) is 117 cm³/mol. The SMILES string of the molecule is CCOC(=O)c1cccc(-c2cccc3cc(Cc4cccc(C(F)(F)F)c4)sc23)c1. The van der Waals surface area contributed by atoms with E-state index >= 15 is 0 Å². The average molecular weight is 440 g/mol. The van der Waals surface area contributed by atoms with Gasteiger partial charge < -0.3 is 4.74 Å². The van der Waals surface area contributed by atoms with Crippen molar-refractivity contribution < 1.29 is 22.7 Å². The molecule has 0 saturated carbocycles. The second kappa shape index (κ2) is 8.55. The summed E-state index contributed by atoms with van der Waals surface area (Å²) in [4.78, 5) is 13.1. The summed E-state index contributed by atoms with van der Waals surface area (Å²) in [5.74, 6) is -0.368. The number of rotatable bonds is 5. The molecule has 0 bridgehead atoms. The van der Waals surface area contributed by atoms with Crippen LogP contribution in [0.3, 0.4) is 0 Å². The molecule has 4 aromatic rings. The fourth-order valence-corrected chi connectivity index (χ4v) is 4.75. The summed E-state index contributed by atoms with van der Waals surface area (Å²) >= 11 is 1.55. The smallest absolute Gasteiger partial charge is 0.416 e. The highest BCUT2D eigenvalue weighted by Gasteiger charge is 2.30. The van der Waals surface area contributed by atoms with Gasteiger partial charge in [-0.2, -0.15) is 13.2 Å². The van der Waals surface area contributed by atoms with Crippen molar-refractivity contribution in [1.29, 1.82) is 0 Å². The lowest BCUT2D eigenvalue weighted by molar-refractivity contribution is -0.137. The standard InChI is InChI=1S/C25H19F3O2S/c1-2-30-24(29)19-9-4-7-17(14-19)22-11-5-8-18-15-21(31-23(18)22)13-16-6-3-10-20(12-16)25(26,27)28/h3-12,14-15H,2,13H2,1H3. The van der Waals surface area contributed by atoms with Gasteiger partial charge in [-0.1, -0.05) is 48.5 Å². The Bertz CT molecular complexity index is 1240. The minimum Gasteiger partial charge on any atom is -0.462 e. The van der Waals surface area contributed by atoms with Gasteiger partial charge in [0.15, 0.2) is 0 Å². The molecule has 0 atom stereocenters. The van der Waals surface area contributed by atoms with E-state index in [0.29, 0.717) is 24.2 Å². The zero-order valence-electron chi connectivity index (χ0n) is 16.7. The second-order valence-electron chi connectivity index (χ2n) is 7.11. The summed E-state index contributed by atoms with van der Waals surface area (Å²) in [5.41, 5.74) is 2.33. The molecule has 0 N–H and O–H groups in total. The van der Waals surface area contributed by atoms with Crippen molar-refractivity contribution in [3.8, 4) is 11.1 Å². The fourth-order valence-electron chi connectivity index (χ4n) is 3.52. The topological polar surface area (TPSA) is 26.3 Å². The van der Waals surface area contributed by atoms with Crippen molar-refractivity contribution in [2.24, 2.45) is 0 Å². The number of benzene rings is 3. The molecule has 158 valence electrons. The van der Waals surface area contributed by atoms with Gasteiger partial charge in [0.1, 0.15) is 0 Å². The van der Waals surface area contributed by atoms with Crippen molar-refractivity contribution in [2.75, 3.05) is 6.61 Å². The van der Waals surface area contributed by atoms with Crippen LogP contribution < -0.4 is 0 Å². The van der Waals surface area contributed by atoms with Crippen LogP contribution in [0.1, 0.15) is 33.3 Å². The van der Waals surface area contributed by atoms with Crippen LogP contribution in [0, 0.1) is 0 Å². The third-order valence-corrected chi connectivity index (χ3v) is 6.10. The number of fused-ring (bicyclic) bond motifs is 1. The predicted octanol–water partition coefficient (Wildman–Crippen LogP) is 7.35. The van der Waals surface area contributed by atoms with Crippen LogP contribution in [-0.4, -0.2) is 12.6 Å². The van der Waals surface area contributed by atoms with Gasteiger partial charge in [-0.05, 0) is 53.3 Å². The third kappa shape index (κ3) is 4.64. The van der Waals surface area contributed by atoms with Crippen molar-refractivity contribution in [2.45, 2.75) is 19.5 Å². The number of thiophene rings is 1. The van der Waals surface area contributed by atoms with E-state index in [1.807, 2.05) is 36.4 Å².